The van der Waals surface area contributed by atoms with Crippen molar-refractivity contribution in [2.75, 3.05) is 4.72 Å². The van der Waals surface area contributed by atoms with Crippen LogP contribution in [0.2, 0.25) is 10.0 Å². The van der Waals surface area contributed by atoms with Crippen molar-refractivity contribution in [1.82, 2.24) is 0 Å². The minimum Gasteiger partial charge on any atom is -0.326 e. The number of sulfonamides is 1. The van der Waals surface area contributed by atoms with Crippen molar-refractivity contribution in [1.29, 1.82) is 0 Å². The Balaban J connectivity index is 2.14. The van der Waals surface area contributed by atoms with E-state index < -0.39 is 10.0 Å². The molecule has 0 saturated carbocycles. The van der Waals surface area contributed by atoms with E-state index in [2.05, 4.69) is 4.72 Å². The average molecular weight is 345 g/mol. The third-order valence-electron chi connectivity index (χ3n) is 2.81. The summed E-state index contributed by atoms with van der Waals surface area (Å²) in [6, 6.07) is 11.7. The minimum absolute atomic E-state index is 0.142. The summed E-state index contributed by atoms with van der Waals surface area (Å²) in [5.74, 6) is -0.142. The van der Waals surface area contributed by atoms with Crippen LogP contribution in [-0.4, -0.2) is 8.42 Å². The Bertz CT molecular complexity index is 731. The number of halogens is 2. The maximum Gasteiger partial charge on any atom is 0.236 e. The first-order valence-electron chi connectivity index (χ1n) is 6.13. The topological polar surface area (TPSA) is 72.2 Å². The second-order valence-electron chi connectivity index (χ2n) is 4.51. The van der Waals surface area contributed by atoms with Crippen molar-refractivity contribution < 1.29 is 8.42 Å². The smallest absolute Gasteiger partial charge is 0.236 e. The molecule has 2 aromatic carbocycles. The molecule has 0 unspecified atom stereocenters. The van der Waals surface area contributed by atoms with Crippen LogP contribution in [0, 0.1) is 0 Å². The highest BCUT2D eigenvalue weighted by molar-refractivity contribution is 7.91. The second-order valence-corrected chi connectivity index (χ2v) is 7.07. The maximum atomic E-state index is 12.1. The van der Waals surface area contributed by atoms with Gasteiger partial charge >= 0.3 is 0 Å². The first kappa shape index (κ1) is 16.1. The number of rotatable bonds is 5. The number of hydrogen-bond donors (Lipinski definition) is 2. The molecular weight excluding hydrogens is 331 g/mol. The van der Waals surface area contributed by atoms with E-state index in [0.717, 1.165) is 5.56 Å². The fourth-order valence-electron chi connectivity index (χ4n) is 1.77. The summed E-state index contributed by atoms with van der Waals surface area (Å²) in [4.78, 5) is 0. The Labute approximate surface area is 133 Å². The van der Waals surface area contributed by atoms with Gasteiger partial charge in [0.1, 0.15) is 0 Å². The van der Waals surface area contributed by atoms with E-state index in [1.807, 2.05) is 0 Å². The number of nitrogens with two attached hydrogens (primary N) is 1. The van der Waals surface area contributed by atoms with Crippen LogP contribution in [0.5, 0.6) is 0 Å². The minimum atomic E-state index is -3.55. The lowest BCUT2D eigenvalue weighted by atomic mass is 10.1. The lowest BCUT2D eigenvalue weighted by molar-refractivity contribution is 0.600. The molecule has 0 atom stereocenters. The molecule has 0 radical (unpaired) electrons. The summed E-state index contributed by atoms with van der Waals surface area (Å²) in [7, 11) is -3.55. The summed E-state index contributed by atoms with van der Waals surface area (Å²) < 4.78 is 26.7. The molecule has 3 N–H and O–H groups in total. The van der Waals surface area contributed by atoms with E-state index in [-0.39, 0.29) is 10.8 Å². The highest BCUT2D eigenvalue weighted by atomic mass is 35.5. The number of hydrogen-bond acceptors (Lipinski definition) is 3. The first-order valence-corrected chi connectivity index (χ1v) is 8.54. The summed E-state index contributed by atoms with van der Waals surface area (Å²) >= 11 is 11.7. The highest BCUT2D eigenvalue weighted by Gasteiger charge is 2.13. The Morgan fingerprint density at radius 1 is 1.00 bits per heavy atom. The van der Waals surface area contributed by atoms with Gasteiger partial charge in [-0.25, -0.2) is 8.42 Å². The van der Waals surface area contributed by atoms with Gasteiger partial charge in [-0.1, -0.05) is 47.5 Å². The molecule has 0 heterocycles. The molecule has 0 spiro atoms. The SMILES string of the molecule is NCc1ccc(CS(=O)(=O)Nc2ccc(Cl)cc2Cl)cc1. The lowest BCUT2D eigenvalue weighted by Crippen LogP contribution is -2.15. The fourth-order valence-corrected chi connectivity index (χ4v) is 3.50. The van der Waals surface area contributed by atoms with E-state index in [0.29, 0.717) is 22.8 Å². The molecule has 0 fully saturated rings. The zero-order valence-corrected chi connectivity index (χ0v) is 13.3. The lowest BCUT2D eigenvalue weighted by Gasteiger charge is -2.10. The second kappa shape index (κ2) is 6.66. The van der Waals surface area contributed by atoms with E-state index >= 15 is 0 Å². The van der Waals surface area contributed by atoms with Gasteiger partial charge in [-0.2, -0.15) is 0 Å². The van der Waals surface area contributed by atoms with Crippen LogP contribution >= 0.6 is 23.2 Å². The van der Waals surface area contributed by atoms with Crippen molar-refractivity contribution >= 4 is 38.9 Å². The number of nitrogens with one attached hydrogen (secondary N) is 1. The predicted octanol–water partition coefficient (Wildman–Crippen LogP) is 3.39. The molecule has 7 heteroatoms. The molecule has 21 heavy (non-hydrogen) atoms. The van der Waals surface area contributed by atoms with Gasteiger partial charge in [0, 0.05) is 11.6 Å². The molecule has 4 nitrogen and oxygen atoms in total. The molecule has 0 aliphatic rings. The van der Waals surface area contributed by atoms with Crippen molar-refractivity contribution in [2.24, 2.45) is 5.73 Å². The standard InChI is InChI=1S/C14H14Cl2N2O2S/c15-12-5-6-14(13(16)7-12)18-21(19,20)9-11-3-1-10(8-17)2-4-11/h1-7,18H,8-9,17H2. The van der Waals surface area contributed by atoms with Crippen molar-refractivity contribution in [3.63, 3.8) is 0 Å². The maximum absolute atomic E-state index is 12.1. The van der Waals surface area contributed by atoms with Gasteiger partial charge in [0.25, 0.3) is 0 Å². The summed E-state index contributed by atoms with van der Waals surface area (Å²) in [6.07, 6.45) is 0. The van der Waals surface area contributed by atoms with Gasteiger partial charge < -0.3 is 5.73 Å². The molecule has 0 bridgehead atoms. The molecular formula is C14H14Cl2N2O2S. The number of anilines is 1. The van der Waals surface area contributed by atoms with Crippen LogP contribution in [0.4, 0.5) is 5.69 Å². The summed E-state index contributed by atoms with van der Waals surface area (Å²) in [6.45, 7) is 0.422. The van der Waals surface area contributed by atoms with E-state index in [4.69, 9.17) is 28.9 Å². The first-order chi connectivity index (χ1) is 9.89. The van der Waals surface area contributed by atoms with Gasteiger partial charge in [-0.05, 0) is 29.3 Å². The van der Waals surface area contributed by atoms with Crippen LogP contribution in [0.15, 0.2) is 42.5 Å². The number of benzene rings is 2. The zero-order valence-electron chi connectivity index (χ0n) is 11.0. The van der Waals surface area contributed by atoms with Crippen LogP contribution in [0.1, 0.15) is 11.1 Å². The molecule has 2 rings (SSSR count). The average Bonchev–Trinajstić information content (AvgIpc) is 2.42. The largest absolute Gasteiger partial charge is 0.326 e. The third kappa shape index (κ3) is 4.61. The Kier molecular flexibility index (Phi) is 5.11. The quantitative estimate of drug-likeness (QED) is 0.872. The fraction of sp³-hybridized carbons (Fsp3) is 0.143. The van der Waals surface area contributed by atoms with Crippen LogP contribution in [0.3, 0.4) is 0 Å². The van der Waals surface area contributed by atoms with Gasteiger partial charge in [-0.3, -0.25) is 4.72 Å². The third-order valence-corrected chi connectivity index (χ3v) is 4.60. The van der Waals surface area contributed by atoms with Crippen molar-refractivity contribution in [3.05, 3.63) is 63.6 Å². The monoisotopic (exact) mass is 344 g/mol. The van der Waals surface area contributed by atoms with E-state index in [1.54, 1.807) is 30.3 Å². The molecule has 112 valence electrons. The molecule has 0 amide bonds. The van der Waals surface area contributed by atoms with Crippen molar-refractivity contribution in [3.8, 4) is 0 Å². The predicted molar refractivity (Wildman–Crippen MR) is 87.0 cm³/mol. The van der Waals surface area contributed by atoms with E-state index in [1.165, 1.54) is 12.1 Å². The van der Waals surface area contributed by atoms with Crippen LogP contribution in [0.25, 0.3) is 0 Å². The Hall–Kier alpha value is -1.27. The van der Waals surface area contributed by atoms with Gasteiger partial charge in [-0.15, -0.1) is 0 Å². The normalized spacial score (nSPS) is 11.4. The van der Waals surface area contributed by atoms with Crippen LogP contribution in [-0.2, 0) is 22.3 Å². The Morgan fingerprint density at radius 2 is 1.62 bits per heavy atom. The van der Waals surface area contributed by atoms with Crippen molar-refractivity contribution in [2.45, 2.75) is 12.3 Å². The van der Waals surface area contributed by atoms with Crippen LogP contribution < -0.4 is 10.5 Å². The molecule has 0 aliphatic carbocycles. The zero-order chi connectivity index (χ0) is 15.5. The highest BCUT2D eigenvalue weighted by Crippen LogP contribution is 2.26. The van der Waals surface area contributed by atoms with E-state index in [9.17, 15) is 8.42 Å². The Morgan fingerprint density at radius 3 is 2.19 bits per heavy atom. The molecule has 2 aromatic rings. The molecule has 0 aromatic heterocycles. The van der Waals surface area contributed by atoms with Gasteiger partial charge in [0.2, 0.25) is 10.0 Å². The van der Waals surface area contributed by atoms with Gasteiger partial charge in [0.15, 0.2) is 0 Å². The summed E-state index contributed by atoms with van der Waals surface area (Å²) in [5.41, 5.74) is 7.43. The molecule has 0 aliphatic heterocycles. The summed E-state index contributed by atoms with van der Waals surface area (Å²) in [5, 5.41) is 0.699. The molecule has 0 saturated heterocycles. The van der Waals surface area contributed by atoms with Gasteiger partial charge in [0.05, 0.1) is 16.5 Å².